The van der Waals surface area contributed by atoms with Gasteiger partial charge in [0.1, 0.15) is 0 Å². The van der Waals surface area contributed by atoms with Crippen LogP contribution in [0.5, 0.6) is 11.5 Å². The topological polar surface area (TPSA) is 86.6 Å². The van der Waals surface area contributed by atoms with Gasteiger partial charge < -0.3 is 15.5 Å². The Bertz CT molecular complexity index is 652. The van der Waals surface area contributed by atoms with E-state index >= 15 is 0 Å². The van der Waals surface area contributed by atoms with Crippen molar-refractivity contribution < 1.29 is 19.8 Å². The SMILES string of the molecule is O=C(CCC(=O)c1cccs1)NCCc1ccc(O)c(O)c1. The lowest BCUT2D eigenvalue weighted by Gasteiger charge is -2.06. The first-order chi connectivity index (χ1) is 10.6. The smallest absolute Gasteiger partial charge is 0.220 e. The molecule has 116 valence electrons. The lowest BCUT2D eigenvalue weighted by Crippen LogP contribution is -2.26. The van der Waals surface area contributed by atoms with Crippen LogP contribution >= 0.6 is 11.3 Å². The number of amides is 1. The maximum absolute atomic E-state index is 11.8. The Morgan fingerprint density at radius 1 is 1.09 bits per heavy atom. The molecule has 3 N–H and O–H groups in total. The van der Waals surface area contributed by atoms with E-state index < -0.39 is 0 Å². The van der Waals surface area contributed by atoms with Gasteiger partial charge in [0.15, 0.2) is 17.3 Å². The number of aromatic hydroxyl groups is 2. The van der Waals surface area contributed by atoms with Crippen LogP contribution in [0.1, 0.15) is 28.1 Å². The van der Waals surface area contributed by atoms with E-state index in [9.17, 15) is 19.8 Å². The molecule has 1 heterocycles. The molecule has 0 unspecified atom stereocenters. The molecule has 0 atom stereocenters. The Balaban J connectivity index is 1.69. The van der Waals surface area contributed by atoms with Gasteiger partial charge in [0.25, 0.3) is 0 Å². The molecule has 1 aromatic heterocycles. The van der Waals surface area contributed by atoms with Crippen LogP contribution in [0.3, 0.4) is 0 Å². The van der Waals surface area contributed by atoms with Crippen molar-refractivity contribution in [1.82, 2.24) is 5.32 Å². The molecule has 0 fully saturated rings. The third kappa shape index (κ3) is 4.60. The van der Waals surface area contributed by atoms with Crippen LogP contribution in [-0.4, -0.2) is 28.4 Å². The van der Waals surface area contributed by atoms with Crippen molar-refractivity contribution in [2.24, 2.45) is 0 Å². The Morgan fingerprint density at radius 2 is 1.91 bits per heavy atom. The maximum atomic E-state index is 11.8. The molecule has 0 aliphatic heterocycles. The summed E-state index contributed by atoms with van der Waals surface area (Å²) in [6.45, 7) is 0.413. The summed E-state index contributed by atoms with van der Waals surface area (Å²) in [4.78, 5) is 24.1. The zero-order chi connectivity index (χ0) is 15.9. The molecule has 2 rings (SSSR count). The van der Waals surface area contributed by atoms with Crippen molar-refractivity contribution in [2.75, 3.05) is 6.54 Å². The number of benzene rings is 1. The van der Waals surface area contributed by atoms with E-state index in [0.29, 0.717) is 17.8 Å². The van der Waals surface area contributed by atoms with Crippen molar-refractivity contribution in [3.8, 4) is 11.5 Å². The summed E-state index contributed by atoms with van der Waals surface area (Å²) in [5, 5.41) is 23.1. The lowest BCUT2D eigenvalue weighted by molar-refractivity contribution is -0.121. The van der Waals surface area contributed by atoms with Gasteiger partial charge in [-0.3, -0.25) is 9.59 Å². The van der Waals surface area contributed by atoms with Crippen molar-refractivity contribution in [3.05, 3.63) is 46.2 Å². The first-order valence-electron chi connectivity index (χ1n) is 6.90. The monoisotopic (exact) mass is 319 g/mol. The van der Waals surface area contributed by atoms with E-state index in [4.69, 9.17) is 0 Å². The Kier molecular flexibility index (Phi) is 5.55. The first-order valence-corrected chi connectivity index (χ1v) is 7.78. The molecular weight excluding hydrogens is 302 g/mol. The van der Waals surface area contributed by atoms with Gasteiger partial charge in [0, 0.05) is 19.4 Å². The number of hydrogen-bond acceptors (Lipinski definition) is 5. The highest BCUT2D eigenvalue weighted by Crippen LogP contribution is 2.24. The molecule has 1 amide bonds. The number of hydrogen-bond donors (Lipinski definition) is 3. The van der Waals surface area contributed by atoms with Gasteiger partial charge in [-0.05, 0) is 35.6 Å². The van der Waals surface area contributed by atoms with Crippen LogP contribution in [0, 0.1) is 0 Å². The molecule has 0 radical (unpaired) electrons. The fraction of sp³-hybridized carbons (Fsp3) is 0.250. The Labute approximate surface area is 132 Å². The number of carbonyl (C=O) groups excluding carboxylic acids is 2. The number of Topliss-reactive ketones (excluding diaryl/α,β-unsaturated/α-hetero) is 1. The summed E-state index contributed by atoms with van der Waals surface area (Å²) in [5.41, 5.74) is 0.810. The summed E-state index contributed by atoms with van der Waals surface area (Å²) in [7, 11) is 0. The van der Waals surface area contributed by atoms with Gasteiger partial charge in [-0.1, -0.05) is 12.1 Å². The highest BCUT2D eigenvalue weighted by Gasteiger charge is 2.10. The van der Waals surface area contributed by atoms with Crippen molar-refractivity contribution in [2.45, 2.75) is 19.3 Å². The normalized spacial score (nSPS) is 10.4. The van der Waals surface area contributed by atoms with Crippen molar-refractivity contribution in [3.63, 3.8) is 0 Å². The van der Waals surface area contributed by atoms with E-state index in [-0.39, 0.29) is 36.0 Å². The van der Waals surface area contributed by atoms with E-state index in [2.05, 4.69) is 5.32 Å². The average molecular weight is 319 g/mol. The molecule has 5 nitrogen and oxygen atoms in total. The highest BCUT2D eigenvalue weighted by atomic mass is 32.1. The van der Waals surface area contributed by atoms with Crippen LogP contribution in [0.2, 0.25) is 0 Å². The van der Waals surface area contributed by atoms with Crippen LogP contribution in [0.4, 0.5) is 0 Å². The molecule has 0 spiro atoms. The van der Waals surface area contributed by atoms with Gasteiger partial charge in [0.2, 0.25) is 5.91 Å². The lowest BCUT2D eigenvalue weighted by atomic mass is 10.1. The van der Waals surface area contributed by atoms with Crippen molar-refractivity contribution in [1.29, 1.82) is 0 Å². The second kappa shape index (κ2) is 7.61. The van der Waals surface area contributed by atoms with E-state index in [0.717, 1.165) is 5.56 Å². The maximum Gasteiger partial charge on any atom is 0.220 e. The van der Waals surface area contributed by atoms with Gasteiger partial charge in [0.05, 0.1) is 4.88 Å². The average Bonchev–Trinajstić information content (AvgIpc) is 3.03. The van der Waals surface area contributed by atoms with E-state index in [1.165, 1.54) is 23.5 Å². The minimum atomic E-state index is -0.176. The van der Waals surface area contributed by atoms with E-state index in [1.807, 2.05) is 11.4 Å². The predicted molar refractivity (Wildman–Crippen MR) is 84.4 cm³/mol. The van der Waals surface area contributed by atoms with Crippen molar-refractivity contribution >= 4 is 23.0 Å². The molecule has 22 heavy (non-hydrogen) atoms. The number of phenols is 2. The number of rotatable bonds is 7. The summed E-state index contributed by atoms with van der Waals surface area (Å²) >= 11 is 1.37. The third-order valence-electron chi connectivity index (χ3n) is 3.15. The molecule has 0 aliphatic rings. The molecule has 0 bridgehead atoms. The summed E-state index contributed by atoms with van der Waals surface area (Å²) < 4.78 is 0. The Hall–Kier alpha value is -2.34. The summed E-state index contributed by atoms with van der Waals surface area (Å²) in [6.07, 6.45) is 0.905. The largest absolute Gasteiger partial charge is 0.504 e. The number of nitrogens with one attached hydrogen (secondary N) is 1. The van der Waals surface area contributed by atoms with Gasteiger partial charge >= 0.3 is 0 Å². The molecule has 6 heteroatoms. The van der Waals surface area contributed by atoms with Crippen LogP contribution in [0.15, 0.2) is 35.7 Å². The minimum Gasteiger partial charge on any atom is -0.504 e. The minimum absolute atomic E-state index is 0.0198. The standard InChI is InChI=1S/C16H17NO4S/c18-12-4-3-11(10-14(12)20)7-8-17-16(21)6-5-13(19)15-2-1-9-22-15/h1-4,9-10,18,20H,5-8H2,(H,17,21). The zero-order valence-electron chi connectivity index (χ0n) is 11.9. The fourth-order valence-corrected chi connectivity index (χ4v) is 2.64. The predicted octanol–water partition coefficient (Wildman–Crippen LogP) is 2.48. The van der Waals surface area contributed by atoms with Crippen LogP contribution in [0.25, 0.3) is 0 Å². The van der Waals surface area contributed by atoms with Crippen LogP contribution < -0.4 is 5.32 Å². The number of thiophene rings is 1. The van der Waals surface area contributed by atoms with Gasteiger partial charge in [-0.2, -0.15) is 0 Å². The molecular formula is C16H17NO4S. The summed E-state index contributed by atoms with van der Waals surface area (Å²) in [6, 6.07) is 8.11. The highest BCUT2D eigenvalue weighted by molar-refractivity contribution is 7.12. The van der Waals surface area contributed by atoms with Gasteiger partial charge in [-0.15, -0.1) is 11.3 Å². The number of carbonyl (C=O) groups is 2. The molecule has 1 aromatic carbocycles. The second-order valence-electron chi connectivity index (χ2n) is 4.82. The quantitative estimate of drug-likeness (QED) is 0.540. The number of phenolic OH excluding ortho intramolecular Hbond substituents is 2. The van der Waals surface area contributed by atoms with E-state index in [1.54, 1.807) is 12.1 Å². The second-order valence-corrected chi connectivity index (χ2v) is 5.77. The van der Waals surface area contributed by atoms with Gasteiger partial charge in [-0.25, -0.2) is 0 Å². The first kappa shape index (κ1) is 16.0. The zero-order valence-corrected chi connectivity index (χ0v) is 12.7. The fourth-order valence-electron chi connectivity index (χ4n) is 1.95. The third-order valence-corrected chi connectivity index (χ3v) is 4.06. The molecule has 2 aromatic rings. The Morgan fingerprint density at radius 3 is 2.59 bits per heavy atom. The molecule has 0 aliphatic carbocycles. The molecule has 0 saturated heterocycles. The molecule has 0 saturated carbocycles. The number of ketones is 1. The summed E-state index contributed by atoms with van der Waals surface area (Å²) in [5.74, 6) is -0.535. The van der Waals surface area contributed by atoms with Crippen LogP contribution in [-0.2, 0) is 11.2 Å².